The third kappa shape index (κ3) is 2.91. The van der Waals surface area contributed by atoms with Crippen LogP contribution < -0.4 is 9.13 Å². The highest BCUT2D eigenvalue weighted by Crippen LogP contribution is 2.30. The van der Waals surface area contributed by atoms with Gasteiger partial charge in [-0.25, -0.2) is 4.57 Å². The molecule has 4 aromatic rings. The van der Waals surface area contributed by atoms with E-state index in [0.717, 1.165) is 0 Å². The van der Waals surface area contributed by atoms with Crippen molar-refractivity contribution in [3.8, 4) is 16.9 Å². The van der Waals surface area contributed by atoms with Crippen LogP contribution in [0.5, 0.6) is 0 Å². The van der Waals surface area contributed by atoms with Crippen LogP contribution in [0.25, 0.3) is 27.7 Å². The van der Waals surface area contributed by atoms with Gasteiger partial charge in [0.15, 0.2) is 18.1 Å². The number of fused-ring (bicyclic) bond motifs is 1. The number of benzene rings is 2. The van der Waals surface area contributed by atoms with E-state index in [4.69, 9.17) is 0 Å². The molecule has 2 heterocycles. The molecule has 4 rings (SSSR count). The van der Waals surface area contributed by atoms with Crippen LogP contribution in [-0.2, 0) is 7.05 Å². The van der Waals surface area contributed by atoms with Crippen molar-refractivity contribution in [1.29, 1.82) is 0 Å². The molecule has 27 heavy (non-hydrogen) atoms. The van der Waals surface area contributed by atoms with E-state index in [-0.39, 0.29) is 0 Å². The molecule has 0 saturated heterocycles. The average Bonchev–Trinajstić information content (AvgIpc) is 2.63. The SMILES string of the molecule is Cc1cc(C)c(-[n+]2cc3ccccc3cc2C)c(C)c1-c1cccc[n+]1C. The van der Waals surface area contributed by atoms with Crippen LogP contribution in [0, 0.1) is 27.7 Å². The Morgan fingerprint density at radius 1 is 0.741 bits per heavy atom. The first-order valence-corrected chi connectivity index (χ1v) is 9.44. The standard InChI is InChI=1S/C25H26N2/c1-17-14-18(2)25(20(4)24(17)23-12-8-9-13-26(23)5)27-16-22-11-7-6-10-21(22)15-19(27)3/h6-16H,1-5H3/q+2. The highest BCUT2D eigenvalue weighted by Gasteiger charge is 2.25. The molecule has 0 fully saturated rings. The first-order chi connectivity index (χ1) is 13.0. The summed E-state index contributed by atoms with van der Waals surface area (Å²) >= 11 is 0. The zero-order valence-electron chi connectivity index (χ0n) is 16.7. The van der Waals surface area contributed by atoms with Gasteiger partial charge in [-0.15, -0.1) is 0 Å². The molecule has 0 saturated carbocycles. The fraction of sp³-hybridized carbons (Fsp3) is 0.200. The second-order valence-electron chi connectivity index (χ2n) is 7.47. The first-order valence-electron chi connectivity index (χ1n) is 9.44. The fourth-order valence-corrected chi connectivity index (χ4v) is 4.26. The molecule has 0 amide bonds. The van der Waals surface area contributed by atoms with Crippen molar-refractivity contribution >= 4 is 10.8 Å². The van der Waals surface area contributed by atoms with Crippen LogP contribution in [0.2, 0.25) is 0 Å². The van der Waals surface area contributed by atoms with Crippen LogP contribution in [0.15, 0.2) is 67.0 Å². The van der Waals surface area contributed by atoms with E-state index < -0.39 is 0 Å². The monoisotopic (exact) mass is 354 g/mol. The zero-order valence-corrected chi connectivity index (χ0v) is 16.7. The van der Waals surface area contributed by atoms with Gasteiger partial charge in [-0.2, -0.15) is 4.57 Å². The molecule has 0 atom stereocenters. The maximum atomic E-state index is 2.35. The summed E-state index contributed by atoms with van der Waals surface area (Å²) in [5, 5.41) is 2.54. The molecule has 2 heteroatoms. The van der Waals surface area contributed by atoms with E-state index in [2.05, 4.69) is 111 Å². The van der Waals surface area contributed by atoms with Gasteiger partial charge in [0.1, 0.15) is 7.05 Å². The van der Waals surface area contributed by atoms with E-state index in [1.54, 1.807) is 0 Å². The Kier molecular flexibility index (Phi) is 4.27. The van der Waals surface area contributed by atoms with Gasteiger partial charge >= 0.3 is 0 Å². The van der Waals surface area contributed by atoms with E-state index in [9.17, 15) is 0 Å². The number of nitrogens with zero attached hydrogens (tertiary/aromatic N) is 2. The molecule has 134 valence electrons. The Hall–Kier alpha value is -3.00. The number of hydrogen-bond donors (Lipinski definition) is 0. The highest BCUT2D eigenvalue weighted by molar-refractivity contribution is 5.81. The Morgan fingerprint density at radius 2 is 1.44 bits per heavy atom. The van der Waals surface area contributed by atoms with Crippen molar-refractivity contribution in [3.05, 3.63) is 89.4 Å². The number of rotatable bonds is 2. The maximum Gasteiger partial charge on any atom is 0.217 e. The molecule has 2 aromatic carbocycles. The minimum atomic E-state index is 1.24. The fourth-order valence-electron chi connectivity index (χ4n) is 4.26. The van der Waals surface area contributed by atoms with Gasteiger partial charge in [-0.05, 0) is 49.9 Å². The quantitative estimate of drug-likeness (QED) is 0.455. The van der Waals surface area contributed by atoms with Crippen molar-refractivity contribution in [2.75, 3.05) is 0 Å². The smallest absolute Gasteiger partial charge is 0.201 e. The van der Waals surface area contributed by atoms with Crippen molar-refractivity contribution in [2.24, 2.45) is 7.05 Å². The first kappa shape index (κ1) is 17.4. The molecule has 2 aromatic heterocycles. The third-order valence-electron chi connectivity index (χ3n) is 5.49. The summed E-state index contributed by atoms with van der Waals surface area (Å²) < 4.78 is 4.55. The predicted molar refractivity (Wildman–Crippen MR) is 111 cm³/mol. The summed E-state index contributed by atoms with van der Waals surface area (Å²) in [6.07, 6.45) is 4.38. The van der Waals surface area contributed by atoms with Crippen LogP contribution in [0.4, 0.5) is 0 Å². The molecule has 0 radical (unpaired) electrons. The molecule has 0 aliphatic rings. The van der Waals surface area contributed by atoms with E-state index >= 15 is 0 Å². The van der Waals surface area contributed by atoms with Gasteiger partial charge in [0.2, 0.25) is 11.4 Å². The number of hydrogen-bond acceptors (Lipinski definition) is 0. The van der Waals surface area contributed by atoms with Gasteiger partial charge in [-0.3, -0.25) is 0 Å². The molecule has 0 N–H and O–H groups in total. The lowest BCUT2D eigenvalue weighted by molar-refractivity contribution is -0.660. The number of aryl methyl sites for hydroxylation is 4. The largest absolute Gasteiger partial charge is 0.217 e. The lowest BCUT2D eigenvalue weighted by atomic mass is 9.94. The second kappa shape index (κ2) is 6.62. The molecule has 0 bridgehead atoms. The Labute approximate surface area is 161 Å². The summed E-state index contributed by atoms with van der Waals surface area (Å²) in [7, 11) is 2.11. The van der Waals surface area contributed by atoms with Gasteiger partial charge in [-0.1, -0.05) is 18.2 Å². The number of pyridine rings is 2. The number of aromatic nitrogens is 2. The lowest BCUT2D eigenvalue weighted by Crippen LogP contribution is -2.37. The highest BCUT2D eigenvalue weighted by atomic mass is 15.0. The van der Waals surface area contributed by atoms with Gasteiger partial charge in [0, 0.05) is 41.6 Å². The molecular formula is C25H26N2+2. The van der Waals surface area contributed by atoms with Crippen LogP contribution >= 0.6 is 0 Å². The summed E-state index contributed by atoms with van der Waals surface area (Å²) in [6, 6.07) is 19.5. The molecule has 2 nitrogen and oxygen atoms in total. The zero-order chi connectivity index (χ0) is 19.1. The van der Waals surface area contributed by atoms with Crippen molar-refractivity contribution in [3.63, 3.8) is 0 Å². The topological polar surface area (TPSA) is 7.76 Å². The van der Waals surface area contributed by atoms with Crippen molar-refractivity contribution in [1.82, 2.24) is 0 Å². The Bertz CT molecular complexity index is 1170. The molecular weight excluding hydrogens is 328 g/mol. The van der Waals surface area contributed by atoms with Crippen molar-refractivity contribution in [2.45, 2.75) is 27.7 Å². The summed E-state index contributed by atoms with van der Waals surface area (Å²) in [5.41, 5.74) is 9.02. The predicted octanol–water partition coefficient (Wildman–Crippen LogP) is 4.84. The summed E-state index contributed by atoms with van der Waals surface area (Å²) in [6.45, 7) is 8.86. The minimum Gasteiger partial charge on any atom is -0.201 e. The van der Waals surface area contributed by atoms with Gasteiger partial charge in [0.05, 0.1) is 5.56 Å². The molecule has 0 aliphatic carbocycles. The second-order valence-corrected chi connectivity index (χ2v) is 7.47. The normalized spacial score (nSPS) is 11.1. The van der Waals surface area contributed by atoms with Crippen LogP contribution in [0.1, 0.15) is 22.4 Å². The van der Waals surface area contributed by atoms with E-state index in [1.165, 1.54) is 50.1 Å². The minimum absolute atomic E-state index is 1.24. The van der Waals surface area contributed by atoms with Crippen LogP contribution in [0.3, 0.4) is 0 Å². The summed E-state index contributed by atoms with van der Waals surface area (Å²) in [4.78, 5) is 0. The average molecular weight is 354 g/mol. The maximum absolute atomic E-state index is 2.35. The van der Waals surface area contributed by atoms with Gasteiger partial charge in [0.25, 0.3) is 0 Å². The molecule has 0 unspecified atom stereocenters. The Balaban J connectivity index is 2.04. The Morgan fingerprint density at radius 3 is 2.19 bits per heavy atom. The van der Waals surface area contributed by atoms with Gasteiger partial charge < -0.3 is 0 Å². The molecule has 0 spiro atoms. The third-order valence-corrected chi connectivity index (χ3v) is 5.49. The van der Waals surface area contributed by atoms with E-state index in [0.29, 0.717) is 0 Å². The van der Waals surface area contributed by atoms with Crippen molar-refractivity contribution < 1.29 is 9.13 Å². The van der Waals surface area contributed by atoms with Crippen LogP contribution in [-0.4, -0.2) is 0 Å². The van der Waals surface area contributed by atoms with E-state index in [1.807, 2.05) is 0 Å². The lowest BCUT2D eigenvalue weighted by Gasteiger charge is -2.14. The summed E-state index contributed by atoms with van der Waals surface area (Å²) in [5.74, 6) is 0. The molecule has 0 aliphatic heterocycles.